The van der Waals surface area contributed by atoms with Crippen molar-refractivity contribution in [3.63, 3.8) is 0 Å². The predicted octanol–water partition coefficient (Wildman–Crippen LogP) is 2.92. The highest BCUT2D eigenvalue weighted by atomic mass is 19.4. The molecule has 0 aliphatic heterocycles. The molecule has 3 nitrogen and oxygen atoms in total. The van der Waals surface area contributed by atoms with Gasteiger partial charge in [0.1, 0.15) is 0 Å². The van der Waals surface area contributed by atoms with Crippen molar-refractivity contribution in [2.24, 2.45) is 11.3 Å². The summed E-state index contributed by atoms with van der Waals surface area (Å²) in [5.74, 6) is -2.58. The van der Waals surface area contributed by atoms with E-state index in [1.807, 2.05) is 0 Å². The van der Waals surface area contributed by atoms with Gasteiger partial charge >= 0.3 is 12.1 Å². The first kappa shape index (κ1) is 12.9. The average Bonchev–Trinajstić information content (AvgIpc) is 2.80. The number of hydrogen-bond acceptors (Lipinski definition) is 2. The quantitative estimate of drug-likeness (QED) is 0.888. The molecule has 0 bridgehead atoms. The Labute approximate surface area is 102 Å². The van der Waals surface area contributed by atoms with Crippen LogP contribution in [0.1, 0.15) is 31.0 Å². The summed E-state index contributed by atoms with van der Waals surface area (Å²) in [6.07, 6.45) is -3.25. The van der Waals surface area contributed by atoms with Gasteiger partial charge < -0.3 is 5.11 Å². The molecule has 0 radical (unpaired) electrons. The number of halogens is 3. The van der Waals surface area contributed by atoms with Gasteiger partial charge in [-0.05, 0) is 17.5 Å². The molecular formula is C12H12F3NO2. The lowest BCUT2D eigenvalue weighted by Gasteiger charge is -2.12. The zero-order chi connectivity index (χ0) is 13.7. The number of nitrogens with zero attached hydrogens (tertiary/aromatic N) is 1. The molecule has 1 aromatic heterocycles. The zero-order valence-electron chi connectivity index (χ0n) is 9.82. The standard InChI is InChI=1S/C12H12F3NO2/c1-11(2)7(8(11)10(17)18)9-6(12(13,14)15)4-3-5-16-9/h3-5,7-8H,1-2H3,(H,17,18). The Morgan fingerprint density at radius 2 is 2.06 bits per heavy atom. The zero-order valence-corrected chi connectivity index (χ0v) is 9.82. The van der Waals surface area contributed by atoms with Gasteiger partial charge in [0.25, 0.3) is 0 Å². The summed E-state index contributed by atoms with van der Waals surface area (Å²) >= 11 is 0. The van der Waals surface area contributed by atoms with E-state index in [4.69, 9.17) is 5.11 Å². The first-order chi connectivity index (χ1) is 8.17. The Hall–Kier alpha value is -1.59. The third-order valence-corrected chi connectivity index (χ3v) is 3.53. The molecule has 1 aliphatic carbocycles. The highest BCUT2D eigenvalue weighted by molar-refractivity contribution is 5.77. The van der Waals surface area contributed by atoms with Crippen LogP contribution >= 0.6 is 0 Å². The summed E-state index contributed by atoms with van der Waals surface area (Å²) in [6.45, 7) is 3.29. The third-order valence-electron chi connectivity index (χ3n) is 3.53. The molecule has 1 aromatic rings. The van der Waals surface area contributed by atoms with Crippen molar-refractivity contribution in [3.8, 4) is 0 Å². The van der Waals surface area contributed by atoms with Crippen LogP contribution in [0.3, 0.4) is 0 Å². The minimum Gasteiger partial charge on any atom is -0.481 e. The van der Waals surface area contributed by atoms with Crippen molar-refractivity contribution < 1.29 is 23.1 Å². The van der Waals surface area contributed by atoms with Crippen LogP contribution in [0.15, 0.2) is 18.3 Å². The monoisotopic (exact) mass is 259 g/mol. The van der Waals surface area contributed by atoms with E-state index in [1.54, 1.807) is 13.8 Å². The molecule has 1 saturated carbocycles. The maximum atomic E-state index is 12.8. The average molecular weight is 259 g/mol. The molecular weight excluding hydrogens is 247 g/mol. The lowest BCUT2D eigenvalue weighted by molar-refractivity contribution is -0.141. The number of aromatic nitrogens is 1. The second-order valence-electron chi connectivity index (χ2n) is 5.05. The van der Waals surface area contributed by atoms with Crippen LogP contribution in [0, 0.1) is 11.3 Å². The van der Waals surface area contributed by atoms with Crippen molar-refractivity contribution in [2.75, 3.05) is 0 Å². The van der Waals surface area contributed by atoms with Crippen LogP contribution in [-0.2, 0) is 11.0 Å². The fourth-order valence-electron chi connectivity index (χ4n) is 2.51. The van der Waals surface area contributed by atoms with Crippen molar-refractivity contribution in [3.05, 3.63) is 29.6 Å². The molecule has 1 fully saturated rings. The van der Waals surface area contributed by atoms with E-state index in [1.165, 1.54) is 12.3 Å². The Bertz CT molecular complexity index is 496. The molecule has 0 amide bonds. The van der Waals surface area contributed by atoms with Crippen LogP contribution in [0.4, 0.5) is 13.2 Å². The summed E-state index contributed by atoms with van der Waals surface area (Å²) in [5, 5.41) is 9.01. The van der Waals surface area contributed by atoms with Crippen molar-refractivity contribution in [2.45, 2.75) is 25.9 Å². The highest BCUT2D eigenvalue weighted by Crippen LogP contribution is 2.65. The molecule has 6 heteroatoms. The second kappa shape index (κ2) is 3.70. The van der Waals surface area contributed by atoms with Crippen LogP contribution in [0.2, 0.25) is 0 Å². The minimum absolute atomic E-state index is 0.164. The normalized spacial score (nSPS) is 25.8. The first-order valence-corrected chi connectivity index (χ1v) is 5.42. The van der Waals surface area contributed by atoms with Crippen molar-refractivity contribution in [1.82, 2.24) is 4.98 Å². The van der Waals surface area contributed by atoms with E-state index in [-0.39, 0.29) is 5.69 Å². The van der Waals surface area contributed by atoms with E-state index < -0.39 is 35.0 Å². The summed E-state index contributed by atoms with van der Waals surface area (Å²) in [4.78, 5) is 14.8. The van der Waals surface area contributed by atoms with Gasteiger partial charge in [0, 0.05) is 12.1 Å². The minimum atomic E-state index is -4.51. The fourth-order valence-corrected chi connectivity index (χ4v) is 2.51. The summed E-state index contributed by atoms with van der Waals surface area (Å²) in [5.41, 5.74) is -1.70. The van der Waals surface area contributed by atoms with Crippen LogP contribution in [-0.4, -0.2) is 16.1 Å². The van der Waals surface area contributed by atoms with Gasteiger partial charge in [0.05, 0.1) is 17.2 Å². The number of carboxylic acids is 1. The predicted molar refractivity (Wildman–Crippen MR) is 56.9 cm³/mol. The number of alkyl halides is 3. The molecule has 1 N–H and O–H groups in total. The Balaban J connectivity index is 2.46. The van der Waals surface area contributed by atoms with Crippen LogP contribution < -0.4 is 0 Å². The number of aliphatic carboxylic acids is 1. The van der Waals surface area contributed by atoms with Gasteiger partial charge in [0.15, 0.2) is 0 Å². The maximum absolute atomic E-state index is 12.8. The molecule has 2 atom stereocenters. The summed E-state index contributed by atoms with van der Waals surface area (Å²) in [7, 11) is 0. The maximum Gasteiger partial charge on any atom is 0.418 e. The van der Waals surface area contributed by atoms with Gasteiger partial charge in [-0.25, -0.2) is 0 Å². The van der Waals surface area contributed by atoms with E-state index in [0.717, 1.165) is 6.07 Å². The molecule has 2 rings (SSSR count). The van der Waals surface area contributed by atoms with Crippen molar-refractivity contribution >= 4 is 5.97 Å². The third kappa shape index (κ3) is 1.85. The van der Waals surface area contributed by atoms with Gasteiger partial charge in [0.2, 0.25) is 0 Å². The number of carbonyl (C=O) groups is 1. The summed E-state index contributed by atoms with van der Waals surface area (Å²) in [6, 6.07) is 2.15. The van der Waals surface area contributed by atoms with Gasteiger partial charge in [-0.15, -0.1) is 0 Å². The lowest BCUT2D eigenvalue weighted by Crippen LogP contribution is -2.11. The summed E-state index contributed by atoms with van der Waals surface area (Å²) < 4.78 is 38.5. The number of hydrogen-bond donors (Lipinski definition) is 1. The van der Waals surface area contributed by atoms with Crippen LogP contribution in [0.25, 0.3) is 0 Å². The Morgan fingerprint density at radius 1 is 1.44 bits per heavy atom. The molecule has 1 aliphatic rings. The van der Waals surface area contributed by atoms with Gasteiger partial charge in [-0.2, -0.15) is 13.2 Å². The van der Waals surface area contributed by atoms with Gasteiger partial charge in [-0.1, -0.05) is 13.8 Å². The number of pyridine rings is 1. The van der Waals surface area contributed by atoms with Crippen LogP contribution in [0.5, 0.6) is 0 Å². The molecule has 0 aromatic carbocycles. The van der Waals surface area contributed by atoms with E-state index in [0.29, 0.717) is 0 Å². The second-order valence-corrected chi connectivity index (χ2v) is 5.05. The molecule has 98 valence electrons. The van der Waals surface area contributed by atoms with E-state index in [2.05, 4.69) is 4.98 Å². The molecule has 2 unspecified atom stereocenters. The Kier molecular flexibility index (Phi) is 2.64. The molecule has 1 heterocycles. The van der Waals surface area contributed by atoms with E-state index >= 15 is 0 Å². The smallest absolute Gasteiger partial charge is 0.418 e. The largest absolute Gasteiger partial charge is 0.481 e. The topological polar surface area (TPSA) is 50.2 Å². The lowest BCUT2D eigenvalue weighted by atomic mass is 10.0. The molecule has 18 heavy (non-hydrogen) atoms. The molecule has 0 spiro atoms. The SMILES string of the molecule is CC1(C)C(C(=O)O)C1c1ncccc1C(F)(F)F. The molecule has 0 saturated heterocycles. The van der Waals surface area contributed by atoms with Crippen molar-refractivity contribution in [1.29, 1.82) is 0 Å². The first-order valence-electron chi connectivity index (χ1n) is 5.42. The number of carboxylic acid groups (broad SMARTS) is 1. The number of rotatable bonds is 2. The Morgan fingerprint density at radius 3 is 2.50 bits per heavy atom. The van der Waals surface area contributed by atoms with E-state index in [9.17, 15) is 18.0 Å². The fraction of sp³-hybridized carbons (Fsp3) is 0.500. The van der Waals surface area contributed by atoms with Gasteiger partial charge in [-0.3, -0.25) is 9.78 Å². The highest BCUT2D eigenvalue weighted by Gasteiger charge is 2.64.